The minimum absolute atomic E-state index is 0.00760. The highest BCUT2D eigenvalue weighted by Crippen LogP contribution is 2.30. The summed E-state index contributed by atoms with van der Waals surface area (Å²) < 4.78 is 52.7. The number of halogens is 1. The summed E-state index contributed by atoms with van der Waals surface area (Å²) in [5, 5.41) is 0.673. The number of hydrogen-bond donors (Lipinski definition) is 1. The Morgan fingerprint density at radius 2 is 1.73 bits per heavy atom. The van der Waals surface area contributed by atoms with Crippen molar-refractivity contribution in [3.05, 3.63) is 94.6 Å². The molecule has 5 aromatic rings. The number of nitrogens with zero attached hydrogens (tertiary/aromatic N) is 5. The number of amides is 1. The number of anilines is 1. The van der Waals surface area contributed by atoms with Gasteiger partial charge in [0.05, 0.1) is 29.4 Å². The Kier molecular flexibility index (Phi) is 7.77. The predicted molar refractivity (Wildman–Crippen MR) is 169 cm³/mol. The largest absolute Gasteiger partial charge is 0.476 e. The Labute approximate surface area is 261 Å². The van der Waals surface area contributed by atoms with Crippen molar-refractivity contribution in [1.82, 2.24) is 24.4 Å². The van der Waals surface area contributed by atoms with Gasteiger partial charge in [-0.1, -0.05) is 38.1 Å². The van der Waals surface area contributed by atoms with Crippen molar-refractivity contribution in [3.63, 3.8) is 0 Å². The van der Waals surface area contributed by atoms with Crippen LogP contribution in [0.2, 0.25) is 0 Å². The number of rotatable bonds is 4. The van der Waals surface area contributed by atoms with E-state index in [1.54, 1.807) is 6.07 Å². The van der Waals surface area contributed by atoms with E-state index in [1.807, 2.05) is 49.7 Å². The Balaban J connectivity index is 1.42. The molecule has 12 heteroatoms. The highest BCUT2D eigenvalue weighted by Gasteiger charge is 2.25. The molecule has 2 aromatic carbocycles. The quantitative estimate of drug-likeness (QED) is 0.269. The third kappa shape index (κ3) is 5.85. The van der Waals surface area contributed by atoms with E-state index in [-0.39, 0.29) is 53.6 Å². The highest BCUT2D eigenvalue weighted by atomic mass is 32.2. The van der Waals surface area contributed by atoms with Gasteiger partial charge in [0.15, 0.2) is 0 Å². The molecule has 1 aliphatic heterocycles. The molecule has 0 radical (unpaired) electrons. The summed E-state index contributed by atoms with van der Waals surface area (Å²) >= 11 is 0. The maximum absolute atomic E-state index is 15.4. The average Bonchev–Trinajstić information content (AvgIpc) is 3.30. The number of aromatic nitrogens is 4. The van der Waals surface area contributed by atoms with Crippen LogP contribution in [0, 0.1) is 19.7 Å². The Hall–Kier alpha value is -4.84. The van der Waals surface area contributed by atoms with Crippen molar-refractivity contribution >= 4 is 32.9 Å². The van der Waals surface area contributed by atoms with Crippen molar-refractivity contribution in [2.24, 2.45) is 7.05 Å². The van der Waals surface area contributed by atoms with Crippen LogP contribution < -0.4 is 9.46 Å². The number of carbonyl (C=O) groups is 1. The first kappa shape index (κ1) is 30.2. The smallest absolute Gasteiger partial charge is 0.264 e. The maximum atomic E-state index is 15.4. The molecule has 0 aliphatic carbocycles. The summed E-state index contributed by atoms with van der Waals surface area (Å²) in [4.78, 5) is 28.5. The van der Waals surface area contributed by atoms with Crippen LogP contribution in [0.4, 0.5) is 10.3 Å². The Morgan fingerprint density at radius 1 is 1.00 bits per heavy atom. The van der Waals surface area contributed by atoms with Gasteiger partial charge in [0.25, 0.3) is 15.9 Å². The molecule has 1 N–H and O–H groups in total. The van der Waals surface area contributed by atoms with Gasteiger partial charge < -0.3 is 14.2 Å². The van der Waals surface area contributed by atoms with Gasteiger partial charge in [0.2, 0.25) is 11.8 Å². The van der Waals surface area contributed by atoms with Crippen LogP contribution in [0.1, 0.15) is 52.6 Å². The average molecular weight is 629 g/mol. The van der Waals surface area contributed by atoms with Crippen LogP contribution in [-0.4, -0.2) is 51.9 Å². The van der Waals surface area contributed by atoms with E-state index >= 15 is 4.39 Å². The number of ether oxygens (including phenoxy) is 1. The summed E-state index contributed by atoms with van der Waals surface area (Å²) in [5.74, 6) is -0.876. The SMILES string of the molecule is Cc1cccc(C)c1-c1cc2nc(n1)NS(=O)(=O)c1cccc(c1)C(=O)N(Cc1nc3c(cc1F)cc(C(C)C)n3C)CCO2. The number of carbonyl (C=O) groups excluding carboxylic acids is 1. The zero-order chi connectivity index (χ0) is 32.0. The molecule has 1 aliphatic rings. The summed E-state index contributed by atoms with van der Waals surface area (Å²) in [6.45, 7) is 7.87. The van der Waals surface area contributed by atoms with Gasteiger partial charge in [0.1, 0.15) is 18.1 Å². The predicted octanol–water partition coefficient (Wildman–Crippen LogP) is 5.75. The zero-order valence-electron chi connectivity index (χ0n) is 25.6. The van der Waals surface area contributed by atoms with E-state index in [4.69, 9.17) is 4.74 Å². The van der Waals surface area contributed by atoms with Crippen LogP contribution in [0.3, 0.4) is 0 Å². The second kappa shape index (κ2) is 11.6. The first-order chi connectivity index (χ1) is 21.4. The van der Waals surface area contributed by atoms with Gasteiger partial charge in [-0.25, -0.2) is 27.5 Å². The molecule has 0 spiro atoms. The number of aryl methyl sites for hydroxylation is 3. The van der Waals surface area contributed by atoms with E-state index in [0.29, 0.717) is 16.7 Å². The summed E-state index contributed by atoms with van der Waals surface area (Å²) in [6.07, 6.45) is 0. The van der Waals surface area contributed by atoms with Crippen LogP contribution in [0.15, 0.2) is 65.6 Å². The Bertz CT molecular complexity index is 2060. The lowest BCUT2D eigenvalue weighted by atomic mass is 10.00. The standard InChI is InChI=1S/C33H33FN6O4S/c1-19(2)28-16-23-15-25(34)27(35-31(23)39(28)5)18-40-12-13-44-29-17-26(30-20(3)8-6-9-21(30)4)36-33(37-29)38-45(42,43)24-11-7-10-22(14-24)32(40)41/h6-11,14-17,19H,12-13,18H2,1-5H3,(H,36,37,38). The number of pyridine rings is 1. The number of sulfonamides is 1. The van der Waals surface area contributed by atoms with Crippen molar-refractivity contribution in [2.75, 3.05) is 17.9 Å². The molecule has 232 valence electrons. The van der Waals surface area contributed by atoms with E-state index in [2.05, 4.69) is 33.5 Å². The molecule has 0 fully saturated rings. The van der Waals surface area contributed by atoms with Gasteiger partial charge in [0, 0.05) is 35.3 Å². The second-order valence-corrected chi connectivity index (χ2v) is 13.2. The minimum Gasteiger partial charge on any atom is -0.476 e. The third-order valence-corrected chi connectivity index (χ3v) is 9.28. The molecule has 6 rings (SSSR count). The molecule has 0 saturated carbocycles. The molecule has 10 nitrogen and oxygen atoms in total. The normalized spacial score (nSPS) is 14.8. The fourth-order valence-corrected chi connectivity index (χ4v) is 6.68. The molecule has 0 atom stereocenters. The first-order valence-corrected chi connectivity index (χ1v) is 16.0. The van der Waals surface area contributed by atoms with Crippen LogP contribution >= 0.6 is 0 Å². The van der Waals surface area contributed by atoms with Crippen molar-refractivity contribution < 1.29 is 22.3 Å². The number of nitrogens with one attached hydrogen (secondary N) is 1. The van der Waals surface area contributed by atoms with Gasteiger partial charge in [-0.2, -0.15) is 4.98 Å². The van der Waals surface area contributed by atoms with Crippen LogP contribution in [0.5, 0.6) is 5.88 Å². The van der Waals surface area contributed by atoms with Crippen molar-refractivity contribution in [3.8, 4) is 17.1 Å². The van der Waals surface area contributed by atoms with Gasteiger partial charge in [-0.15, -0.1) is 0 Å². The number of hydrogen-bond acceptors (Lipinski definition) is 7. The lowest BCUT2D eigenvalue weighted by molar-refractivity contribution is 0.0710. The topological polar surface area (TPSA) is 119 Å². The lowest BCUT2D eigenvalue weighted by Gasteiger charge is -2.23. The molecular formula is C33H33FN6O4S. The number of benzene rings is 2. The second-order valence-electron chi connectivity index (χ2n) is 11.5. The minimum atomic E-state index is -4.19. The summed E-state index contributed by atoms with van der Waals surface area (Å²) in [6, 6.07) is 16.5. The van der Waals surface area contributed by atoms with E-state index in [1.165, 1.54) is 35.2 Å². The van der Waals surface area contributed by atoms with Gasteiger partial charge >= 0.3 is 0 Å². The van der Waals surface area contributed by atoms with Gasteiger partial charge in [-0.05, 0) is 61.2 Å². The molecule has 45 heavy (non-hydrogen) atoms. The molecular weight excluding hydrogens is 595 g/mol. The van der Waals surface area contributed by atoms with Crippen molar-refractivity contribution in [1.29, 1.82) is 0 Å². The zero-order valence-corrected chi connectivity index (χ0v) is 26.4. The van der Waals surface area contributed by atoms with Gasteiger partial charge in [-0.3, -0.25) is 4.79 Å². The summed E-state index contributed by atoms with van der Waals surface area (Å²) in [5.41, 5.74) is 5.02. The van der Waals surface area contributed by atoms with Crippen molar-refractivity contribution in [2.45, 2.75) is 45.1 Å². The van der Waals surface area contributed by atoms with Crippen LogP contribution in [0.25, 0.3) is 22.3 Å². The molecule has 1 amide bonds. The fourth-order valence-electron chi connectivity index (χ4n) is 5.69. The lowest BCUT2D eigenvalue weighted by Crippen LogP contribution is -2.35. The molecule has 0 saturated heterocycles. The monoisotopic (exact) mass is 628 g/mol. The maximum Gasteiger partial charge on any atom is 0.264 e. The molecule has 4 heterocycles. The molecule has 3 aromatic heterocycles. The number of fused-ring (bicyclic) bond motifs is 5. The van der Waals surface area contributed by atoms with E-state index < -0.39 is 21.7 Å². The summed E-state index contributed by atoms with van der Waals surface area (Å²) in [7, 11) is -2.31. The highest BCUT2D eigenvalue weighted by molar-refractivity contribution is 7.92. The first-order valence-electron chi connectivity index (χ1n) is 14.6. The van der Waals surface area contributed by atoms with E-state index in [0.717, 1.165) is 22.4 Å². The molecule has 4 bridgehead atoms. The van der Waals surface area contributed by atoms with Crippen LogP contribution in [-0.2, 0) is 23.6 Å². The van der Waals surface area contributed by atoms with E-state index in [9.17, 15) is 13.2 Å². The third-order valence-electron chi connectivity index (χ3n) is 7.95. The Morgan fingerprint density at radius 3 is 2.47 bits per heavy atom. The fraction of sp³-hybridized carbons (Fsp3) is 0.273. The molecule has 0 unspecified atom stereocenters.